The second kappa shape index (κ2) is 11.0. The maximum Gasteiger partial charge on any atom is 0.294 e. The monoisotopic (exact) mass is 466 g/mol. The topological polar surface area (TPSA) is 82.9 Å². The number of thioether (sulfide) groups is 1. The largest absolute Gasteiger partial charge is 0.366 e. The first-order valence-electron chi connectivity index (χ1n) is 9.90. The van der Waals surface area contributed by atoms with Crippen LogP contribution in [0.15, 0.2) is 52.8 Å². The number of rotatable bonds is 7. The fourth-order valence-corrected chi connectivity index (χ4v) is 5.70. The lowest BCUT2D eigenvalue weighted by molar-refractivity contribution is -0.253. The van der Waals surface area contributed by atoms with Gasteiger partial charge in [-0.05, 0) is 24.1 Å². The molecule has 0 radical (unpaired) electrons. The highest BCUT2D eigenvalue weighted by Gasteiger charge is 2.20. The van der Waals surface area contributed by atoms with Gasteiger partial charge in [-0.15, -0.1) is 29.7 Å². The SMILES string of the molecule is [C-]#[N+]/C(C#N)=c1\s/c(=C(/C=C2\SCCN2CC)c2ccccc2COO)c(=O)n1CC=C. The average Bonchev–Trinajstić information content (AvgIpc) is 3.39. The molecule has 0 saturated carbocycles. The molecule has 1 saturated heterocycles. The predicted octanol–water partition coefficient (Wildman–Crippen LogP) is 2.75. The summed E-state index contributed by atoms with van der Waals surface area (Å²) in [7, 11) is 0. The molecule has 3 rings (SSSR count). The van der Waals surface area contributed by atoms with Gasteiger partial charge in [-0.1, -0.05) is 30.3 Å². The van der Waals surface area contributed by atoms with E-state index in [-0.39, 0.29) is 24.4 Å². The Labute approximate surface area is 194 Å². The van der Waals surface area contributed by atoms with Crippen molar-refractivity contribution in [1.29, 1.82) is 5.26 Å². The Morgan fingerprint density at radius 2 is 2.25 bits per heavy atom. The van der Waals surface area contributed by atoms with Crippen molar-refractivity contribution in [2.45, 2.75) is 20.1 Å². The van der Waals surface area contributed by atoms with Crippen LogP contribution < -0.4 is 14.8 Å². The average molecular weight is 467 g/mol. The number of aromatic nitrogens is 1. The van der Waals surface area contributed by atoms with Crippen molar-refractivity contribution in [2.75, 3.05) is 18.8 Å². The van der Waals surface area contributed by atoms with Crippen LogP contribution in [-0.4, -0.2) is 33.6 Å². The van der Waals surface area contributed by atoms with Crippen molar-refractivity contribution in [3.63, 3.8) is 0 Å². The second-order valence-electron chi connectivity index (χ2n) is 6.77. The van der Waals surface area contributed by atoms with Crippen LogP contribution in [0.3, 0.4) is 0 Å². The zero-order valence-electron chi connectivity index (χ0n) is 17.6. The molecule has 7 nitrogen and oxygen atoms in total. The zero-order valence-corrected chi connectivity index (χ0v) is 19.2. The number of nitrogens with zero attached hydrogens (tertiary/aromatic N) is 4. The summed E-state index contributed by atoms with van der Waals surface area (Å²) in [6.07, 6.45) is 3.55. The van der Waals surface area contributed by atoms with Gasteiger partial charge in [0.1, 0.15) is 15.8 Å². The first-order valence-corrected chi connectivity index (χ1v) is 11.7. The first kappa shape index (κ1) is 23.6. The van der Waals surface area contributed by atoms with Crippen LogP contribution in [0.1, 0.15) is 18.1 Å². The molecule has 1 aliphatic rings. The Balaban J connectivity index is 2.49. The van der Waals surface area contributed by atoms with Crippen molar-refractivity contribution >= 4 is 34.4 Å². The van der Waals surface area contributed by atoms with Gasteiger partial charge >= 0.3 is 0 Å². The first-order chi connectivity index (χ1) is 15.6. The fraction of sp³-hybridized carbons (Fsp3) is 0.261. The Morgan fingerprint density at radius 1 is 1.47 bits per heavy atom. The molecule has 1 aromatic carbocycles. The molecule has 164 valence electrons. The number of hydrogen-bond acceptors (Lipinski definition) is 7. The maximum absolute atomic E-state index is 13.5. The maximum atomic E-state index is 13.5. The third kappa shape index (κ3) is 4.72. The van der Waals surface area contributed by atoms with Gasteiger partial charge < -0.3 is 9.47 Å². The molecule has 0 unspecified atom stereocenters. The minimum atomic E-state index is -0.293. The van der Waals surface area contributed by atoms with E-state index >= 15 is 0 Å². The van der Waals surface area contributed by atoms with Crippen molar-refractivity contribution in [1.82, 2.24) is 9.47 Å². The van der Waals surface area contributed by atoms with Crippen LogP contribution in [0, 0.1) is 17.9 Å². The fourth-order valence-electron chi connectivity index (χ4n) is 3.45. The Hall–Kier alpha value is -3.08. The van der Waals surface area contributed by atoms with Gasteiger partial charge in [0.25, 0.3) is 11.3 Å². The lowest BCUT2D eigenvalue weighted by Gasteiger charge is -2.17. The standard InChI is InChI=1S/C23H22N4O3S2/c1-4-10-27-22(28)21(32-23(27)19(14-24)25-3)18(13-20-26(5-2)11-12-31-20)17-9-7-6-8-16(17)15-30-29/h4,6-9,13,29H,1,5,10-12,15H2,2H3/b20-13-,21-18-,23-19-. The summed E-state index contributed by atoms with van der Waals surface area (Å²) >= 11 is 2.84. The zero-order chi connectivity index (χ0) is 23.1. The summed E-state index contributed by atoms with van der Waals surface area (Å²) in [5.74, 6) is 0.953. The van der Waals surface area contributed by atoms with Crippen molar-refractivity contribution in [3.8, 4) is 6.07 Å². The molecule has 2 aromatic rings. The number of nitriles is 1. The molecule has 2 heterocycles. The minimum absolute atomic E-state index is 0.0375. The van der Waals surface area contributed by atoms with E-state index < -0.39 is 0 Å². The van der Waals surface area contributed by atoms with Gasteiger partial charge in [-0.2, -0.15) is 0 Å². The van der Waals surface area contributed by atoms with E-state index in [0.717, 1.165) is 40.8 Å². The molecule has 0 bridgehead atoms. The number of allylic oxidation sites excluding steroid dienone is 2. The molecule has 1 fully saturated rings. The lowest BCUT2D eigenvalue weighted by atomic mass is 10.00. The molecule has 1 aromatic heterocycles. The van der Waals surface area contributed by atoms with Gasteiger partial charge in [0.15, 0.2) is 0 Å². The van der Waals surface area contributed by atoms with Crippen LogP contribution in [0.2, 0.25) is 0 Å². The van der Waals surface area contributed by atoms with E-state index in [1.165, 1.54) is 4.57 Å². The van der Waals surface area contributed by atoms with Gasteiger partial charge in [-0.25, -0.2) is 15.0 Å². The van der Waals surface area contributed by atoms with Crippen LogP contribution in [0.5, 0.6) is 0 Å². The molecular formula is C23H22N4O3S2. The molecule has 1 aliphatic heterocycles. The van der Waals surface area contributed by atoms with Crippen molar-refractivity contribution < 1.29 is 10.1 Å². The third-order valence-electron chi connectivity index (χ3n) is 4.96. The molecule has 0 spiro atoms. The van der Waals surface area contributed by atoms with Crippen LogP contribution in [0.4, 0.5) is 0 Å². The van der Waals surface area contributed by atoms with Crippen LogP contribution >= 0.6 is 23.1 Å². The summed E-state index contributed by atoms with van der Waals surface area (Å²) in [5.41, 5.74) is 1.70. The van der Waals surface area contributed by atoms with Crippen LogP contribution in [0.25, 0.3) is 16.1 Å². The second-order valence-corrected chi connectivity index (χ2v) is 8.88. The van der Waals surface area contributed by atoms with E-state index in [4.69, 9.17) is 11.8 Å². The van der Waals surface area contributed by atoms with Crippen LogP contribution in [-0.2, 0) is 18.0 Å². The molecular weight excluding hydrogens is 444 g/mol. The summed E-state index contributed by atoms with van der Waals surface area (Å²) in [5, 5.41) is 19.6. The molecule has 0 amide bonds. The van der Waals surface area contributed by atoms with Gasteiger partial charge in [0, 0.05) is 31.0 Å². The normalized spacial score (nSPS) is 16.5. The molecule has 32 heavy (non-hydrogen) atoms. The Morgan fingerprint density at radius 3 is 2.91 bits per heavy atom. The Bertz CT molecular complexity index is 1290. The molecule has 0 atom stereocenters. The van der Waals surface area contributed by atoms with Crippen molar-refractivity contribution in [3.05, 3.63) is 90.1 Å². The lowest BCUT2D eigenvalue weighted by Crippen LogP contribution is -2.32. The van der Waals surface area contributed by atoms with E-state index in [1.54, 1.807) is 17.8 Å². The van der Waals surface area contributed by atoms with E-state index in [0.29, 0.717) is 20.3 Å². The molecule has 1 N–H and O–H groups in total. The van der Waals surface area contributed by atoms with Gasteiger partial charge in [0.2, 0.25) is 0 Å². The van der Waals surface area contributed by atoms with E-state index in [2.05, 4.69) is 28.1 Å². The van der Waals surface area contributed by atoms with E-state index in [9.17, 15) is 10.1 Å². The third-order valence-corrected chi connectivity index (χ3v) is 7.22. The minimum Gasteiger partial charge on any atom is -0.366 e. The molecule has 9 heteroatoms. The highest BCUT2D eigenvalue weighted by atomic mass is 32.2. The Kier molecular flexibility index (Phi) is 8.09. The quantitative estimate of drug-likeness (QED) is 0.292. The summed E-state index contributed by atoms with van der Waals surface area (Å²) in [4.78, 5) is 23.4. The molecule has 0 aliphatic carbocycles. The summed E-state index contributed by atoms with van der Waals surface area (Å²) < 4.78 is 2.13. The smallest absolute Gasteiger partial charge is 0.294 e. The highest BCUT2D eigenvalue weighted by molar-refractivity contribution is 8.03. The van der Waals surface area contributed by atoms with E-state index in [1.807, 2.05) is 36.4 Å². The van der Waals surface area contributed by atoms with Gasteiger partial charge in [-0.3, -0.25) is 10.1 Å². The number of hydrogen-bond donors (Lipinski definition) is 1. The highest BCUT2D eigenvalue weighted by Crippen LogP contribution is 2.31. The number of benzene rings is 1. The van der Waals surface area contributed by atoms with Crippen molar-refractivity contribution in [2.24, 2.45) is 0 Å². The number of thiazole rings is 1. The predicted molar refractivity (Wildman–Crippen MR) is 128 cm³/mol. The summed E-state index contributed by atoms with van der Waals surface area (Å²) in [6.45, 7) is 15.1. The summed E-state index contributed by atoms with van der Waals surface area (Å²) in [6, 6.07) is 9.29. The van der Waals surface area contributed by atoms with Gasteiger partial charge in [0.05, 0.1) is 17.7 Å².